The minimum absolute atomic E-state index is 0.366. The highest BCUT2D eigenvalue weighted by molar-refractivity contribution is 7.92. The molecule has 6 nitrogen and oxygen atoms in total. The molecule has 27 heavy (non-hydrogen) atoms. The summed E-state index contributed by atoms with van der Waals surface area (Å²) >= 11 is 11.8. The van der Waals surface area contributed by atoms with Crippen LogP contribution < -0.4 is 9.73 Å². The Labute approximate surface area is 168 Å². The molecule has 2 aromatic carbocycles. The lowest BCUT2D eigenvalue weighted by atomic mass is 10.1. The molecule has 0 unspecified atom stereocenters. The molecule has 0 heterocycles. The van der Waals surface area contributed by atoms with Gasteiger partial charge in [0.2, 0.25) is 10.0 Å². The molecule has 0 aromatic heterocycles. The van der Waals surface area contributed by atoms with E-state index in [9.17, 15) is 13.2 Å². The molecule has 2 rings (SSSR count). The predicted octanol–water partition coefficient (Wildman–Crippen LogP) is 3.53. The summed E-state index contributed by atoms with van der Waals surface area (Å²) in [5.41, 5.74) is 5.13. The molecule has 0 fully saturated rings. The second-order valence-electron chi connectivity index (χ2n) is 5.96. The van der Waals surface area contributed by atoms with Gasteiger partial charge in [0.05, 0.1) is 28.2 Å². The fraction of sp³-hybridized carbons (Fsp3) is 0.222. The number of sulfonamides is 1. The van der Waals surface area contributed by atoms with Gasteiger partial charge in [-0.1, -0.05) is 41.4 Å². The summed E-state index contributed by atoms with van der Waals surface area (Å²) < 4.78 is 25.4. The summed E-state index contributed by atoms with van der Waals surface area (Å²) in [6.07, 6.45) is 2.45. The Bertz CT molecular complexity index is 991. The first-order valence-corrected chi connectivity index (χ1v) is 10.5. The van der Waals surface area contributed by atoms with Crippen LogP contribution in [-0.2, 0) is 14.8 Å². The molecule has 9 heteroatoms. The van der Waals surface area contributed by atoms with Crippen LogP contribution in [0.2, 0.25) is 10.0 Å². The van der Waals surface area contributed by atoms with Gasteiger partial charge in [-0.25, -0.2) is 13.8 Å². The van der Waals surface area contributed by atoms with Gasteiger partial charge in [0.1, 0.15) is 6.54 Å². The summed E-state index contributed by atoms with van der Waals surface area (Å²) in [7, 11) is -3.65. The molecule has 0 bridgehead atoms. The van der Waals surface area contributed by atoms with Gasteiger partial charge in [-0.3, -0.25) is 9.10 Å². The second-order valence-corrected chi connectivity index (χ2v) is 8.68. The number of hydrazone groups is 1. The van der Waals surface area contributed by atoms with Crippen molar-refractivity contribution >= 4 is 51.0 Å². The molecular weight excluding hydrogens is 409 g/mol. The first-order chi connectivity index (χ1) is 12.6. The molecule has 0 aliphatic heterocycles. The number of anilines is 1. The van der Waals surface area contributed by atoms with Crippen LogP contribution in [0.4, 0.5) is 5.69 Å². The van der Waals surface area contributed by atoms with Crippen LogP contribution in [0.25, 0.3) is 0 Å². The van der Waals surface area contributed by atoms with Crippen molar-refractivity contribution in [2.75, 3.05) is 17.1 Å². The zero-order chi connectivity index (χ0) is 20.2. The first-order valence-electron chi connectivity index (χ1n) is 7.90. The number of amides is 1. The van der Waals surface area contributed by atoms with E-state index in [1.807, 2.05) is 19.9 Å². The van der Waals surface area contributed by atoms with Gasteiger partial charge in [0.15, 0.2) is 0 Å². The highest BCUT2D eigenvalue weighted by Gasteiger charge is 2.22. The minimum Gasteiger partial charge on any atom is -0.271 e. The number of hydrogen-bond donors (Lipinski definition) is 1. The van der Waals surface area contributed by atoms with E-state index in [0.29, 0.717) is 21.3 Å². The molecule has 0 radical (unpaired) electrons. The molecule has 0 saturated carbocycles. The van der Waals surface area contributed by atoms with Crippen molar-refractivity contribution in [3.05, 3.63) is 63.1 Å². The van der Waals surface area contributed by atoms with E-state index in [2.05, 4.69) is 10.5 Å². The summed E-state index contributed by atoms with van der Waals surface area (Å²) in [5.74, 6) is -0.572. The van der Waals surface area contributed by atoms with Crippen LogP contribution in [-0.4, -0.2) is 33.3 Å². The number of carbonyl (C=O) groups excluding carboxylic acids is 1. The number of halogens is 2. The van der Waals surface area contributed by atoms with E-state index in [1.54, 1.807) is 30.3 Å². The monoisotopic (exact) mass is 427 g/mol. The highest BCUT2D eigenvalue weighted by Crippen LogP contribution is 2.24. The Morgan fingerprint density at radius 2 is 1.89 bits per heavy atom. The quantitative estimate of drug-likeness (QED) is 0.565. The summed E-state index contributed by atoms with van der Waals surface area (Å²) in [6.45, 7) is 3.30. The number of hydrogen-bond acceptors (Lipinski definition) is 4. The third-order valence-electron chi connectivity index (χ3n) is 3.88. The molecule has 0 atom stereocenters. The molecule has 0 aliphatic carbocycles. The molecular formula is C18H19Cl2N3O3S. The lowest BCUT2D eigenvalue weighted by molar-refractivity contribution is -0.119. The molecule has 0 aliphatic rings. The van der Waals surface area contributed by atoms with Crippen molar-refractivity contribution in [1.29, 1.82) is 0 Å². The maximum Gasteiger partial charge on any atom is 0.260 e. The fourth-order valence-electron chi connectivity index (χ4n) is 2.32. The molecule has 0 spiro atoms. The summed E-state index contributed by atoms with van der Waals surface area (Å²) in [5, 5.41) is 4.61. The zero-order valence-electron chi connectivity index (χ0n) is 15.0. The normalized spacial score (nSPS) is 11.6. The third-order valence-corrected chi connectivity index (χ3v) is 5.74. The van der Waals surface area contributed by atoms with Crippen molar-refractivity contribution in [2.24, 2.45) is 5.10 Å². The Morgan fingerprint density at radius 1 is 1.19 bits per heavy atom. The van der Waals surface area contributed by atoms with Gasteiger partial charge in [0.25, 0.3) is 5.91 Å². The number of nitrogens with one attached hydrogen (secondary N) is 1. The topological polar surface area (TPSA) is 78.8 Å². The van der Waals surface area contributed by atoms with E-state index < -0.39 is 15.9 Å². The Kier molecular flexibility index (Phi) is 6.86. The lowest BCUT2D eigenvalue weighted by Crippen LogP contribution is -2.39. The first kappa shape index (κ1) is 21.2. The third kappa shape index (κ3) is 5.69. The summed E-state index contributed by atoms with van der Waals surface area (Å²) in [6, 6.07) is 10.2. The van der Waals surface area contributed by atoms with Gasteiger partial charge < -0.3 is 0 Å². The average molecular weight is 428 g/mol. The molecule has 144 valence electrons. The number of aryl methyl sites for hydroxylation is 1. The number of carbonyl (C=O) groups is 1. The average Bonchev–Trinajstić information content (AvgIpc) is 2.58. The number of rotatable bonds is 6. The van der Waals surface area contributed by atoms with Gasteiger partial charge >= 0.3 is 0 Å². The lowest BCUT2D eigenvalue weighted by Gasteiger charge is -2.23. The number of benzene rings is 2. The maximum absolute atomic E-state index is 12.2. The summed E-state index contributed by atoms with van der Waals surface area (Å²) in [4.78, 5) is 12.2. The van der Waals surface area contributed by atoms with Crippen molar-refractivity contribution in [3.63, 3.8) is 0 Å². The van der Waals surface area contributed by atoms with Crippen molar-refractivity contribution in [3.8, 4) is 0 Å². The van der Waals surface area contributed by atoms with E-state index >= 15 is 0 Å². The van der Waals surface area contributed by atoms with Crippen molar-refractivity contribution in [2.45, 2.75) is 13.8 Å². The van der Waals surface area contributed by atoms with Crippen LogP contribution in [0, 0.1) is 13.8 Å². The standard InChI is InChI=1S/C18H19Cl2N3O3S/c1-12-5-4-6-17(13(12)2)23(27(3,25)26)11-18(24)22-21-10-14-7-8-15(19)16(20)9-14/h4-10H,11H2,1-3H3,(H,22,24)/b21-10-. The minimum atomic E-state index is -3.65. The number of nitrogens with zero attached hydrogens (tertiary/aromatic N) is 2. The second kappa shape index (κ2) is 8.73. The van der Waals surface area contributed by atoms with Gasteiger partial charge in [-0.15, -0.1) is 0 Å². The van der Waals surface area contributed by atoms with Crippen LogP contribution in [0.5, 0.6) is 0 Å². The van der Waals surface area contributed by atoms with Gasteiger partial charge in [-0.2, -0.15) is 5.10 Å². The molecule has 0 saturated heterocycles. The van der Waals surface area contributed by atoms with Crippen molar-refractivity contribution < 1.29 is 13.2 Å². The SMILES string of the molecule is Cc1cccc(N(CC(=O)N/N=C\c2ccc(Cl)c(Cl)c2)S(C)(=O)=O)c1C. The maximum atomic E-state index is 12.2. The van der Waals surface area contributed by atoms with E-state index in [4.69, 9.17) is 23.2 Å². The van der Waals surface area contributed by atoms with Crippen LogP contribution in [0.3, 0.4) is 0 Å². The smallest absolute Gasteiger partial charge is 0.260 e. The van der Waals surface area contributed by atoms with Crippen molar-refractivity contribution in [1.82, 2.24) is 5.43 Å². The Balaban J connectivity index is 2.14. The van der Waals surface area contributed by atoms with Crippen LogP contribution in [0.15, 0.2) is 41.5 Å². The van der Waals surface area contributed by atoms with Gasteiger partial charge in [0, 0.05) is 0 Å². The fourth-order valence-corrected chi connectivity index (χ4v) is 3.54. The van der Waals surface area contributed by atoms with E-state index in [0.717, 1.165) is 21.7 Å². The predicted molar refractivity (Wildman–Crippen MR) is 110 cm³/mol. The molecule has 1 amide bonds. The van der Waals surface area contributed by atoms with E-state index in [-0.39, 0.29) is 6.54 Å². The largest absolute Gasteiger partial charge is 0.271 e. The molecule has 2 aromatic rings. The van der Waals surface area contributed by atoms with Crippen LogP contribution in [0.1, 0.15) is 16.7 Å². The van der Waals surface area contributed by atoms with Gasteiger partial charge in [-0.05, 0) is 48.7 Å². The van der Waals surface area contributed by atoms with E-state index in [1.165, 1.54) is 6.21 Å². The van der Waals surface area contributed by atoms with Crippen LogP contribution >= 0.6 is 23.2 Å². The highest BCUT2D eigenvalue weighted by atomic mass is 35.5. The Morgan fingerprint density at radius 3 is 2.52 bits per heavy atom. The Hall–Kier alpha value is -2.09. The molecule has 1 N–H and O–H groups in total. The zero-order valence-corrected chi connectivity index (χ0v) is 17.4.